The van der Waals surface area contributed by atoms with Gasteiger partial charge in [-0.05, 0) is 24.3 Å². The van der Waals surface area contributed by atoms with Crippen LogP contribution in [0.25, 0.3) is 0 Å². The van der Waals surface area contributed by atoms with Gasteiger partial charge in [-0.15, -0.1) is 0 Å². The summed E-state index contributed by atoms with van der Waals surface area (Å²) in [5.41, 5.74) is 1.34. The quantitative estimate of drug-likeness (QED) is 0.768. The van der Waals surface area contributed by atoms with E-state index in [0.717, 1.165) is 5.69 Å². The number of hydrogen-bond donors (Lipinski definition) is 1. The predicted octanol–water partition coefficient (Wildman–Crippen LogP) is 4.02. The second kappa shape index (κ2) is 8.27. The lowest BCUT2D eigenvalue weighted by molar-refractivity contribution is 0.102. The first-order valence-electron chi connectivity index (χ1n) is 6.63. The van der Waals surface area contributed by atoms with Gasteiger partial charge >= 0.3 is 0 Å². The third-order valence-electron chi connectivity index (χ3n) is 2.62. The van der Waals surface area contributed by atoms with E-state index in [4.69, 9.17) is 0 Å². The molecule has 1 amide bonds. The molecular weight excluding hydrogens is 260 g/mol. The van der Waals surface area contributed by atoms with Gasteiger partial charge < -0.3 is 5.32 Å². The van der Waals surface area contributed by atoms with Crippen LogP contribution in [0, 0.1) is 0 Å². The van der Waals surface area contributed by atoms with E-state index in [1.54, 1.807) is 18.3 Å². The fraction of sp³-hybridized carbons (Fsp3) is 0. The summed E-state index contributed by atoms with van der Waals surface area (Å²) in [5.74, 6) is -0.144. The van der Waals surface area contributed by atoms with Crippen molar-refractivity contribution in [3.8, 4) is 0 Å². The summed E-state index contributed by atoms with van der Waals surface area (Å²) >= 11 is 0. The third kappa shape index (κ3) is 5.28. The summed E-state index contributed by atoms with van der Waals surface area (Å²) in [5, 5.41) is 2.78. The molecule has 3 rings (SSSR count). The van der Waals surface area contributed by atoms with Gasteiger partial charge in [-0.3, -0.25) is 9.78 Å². The Balaban J connectivity index is 0.000000225. The summed E-state index contributed by atoms with van der Waals surface area (Å²) in [4.78, 5) is 15.5. The number of benzene rings is 2. The van der Waals surface area contributed by atoms with Crippen LogP contribution in [0.5, 0.6) is 0 Å². The highest BCUT2D eigenvalue weighted by Crippen LogP contribution is 2.07. The van der Waals surface area contributed by atoms with E-state index in [2.05, 4.69) is 10.3 Å². The predicted molar refractivity (Wildman–Crippen MR) is 85.1 cm³/mol. The van der Waals surface area contributed by atoms with Crippen LogP contribution in [-0.4, -0.2) is 10.9 Å². The molecule has 0 saturated carbocycles. The maximum absolute atomic E-state index is 11.7. The number of pyridine rings is 1. The number of carbonyl (C=O) groups excluding carboxylic acids is 1. The molecule has 0 saturated heterocycles. The first-order chi connectivity index (χ1) is 10.4. The van der Waals surface area contributed by atoms with Gasteiger partial charge in [0.15, 0.2) is 0 Å². The van der Waals surface area contributed by atoms with Crippen molar-refractivity contribution in [1.82, 2.24) is 4.98 Å². The molecule has 0 aliphatic heterocycles. The Hall–Kier alpha value is -2.94. The van der Waals surface area contributed by atoms with Crippen LogP contribution in [0.1, 0.15) is 10.4 Å². The van der Waals surface area contributed by atoms with Gasteiger partial charge in [-0.25, -0.2) is 0 Å². The van der Waals surface area contributed by atoms with Crippen LogP contribution in [0.3, 0.4) is 0 Å². The molecule has 1 heterocycles. The molecule has 0 spiro atoms. The minimum absolute atomic E-state index is 0.144. The first kappa shape index (κ1) is 14.5. The minimum Gasteiger partial charge on any atom is -0.322 e. The molecular formula is C18H16N2O. The summed E-state index contributed by atoms with van der Waals surface area (Å²) in [7, 11) is 0. The maximum Gasteiger partial charge on any atom is 0.257 e. The van der Waals surface area contributed by atoms with Crippen LogP contribution in [-0.2, 0) is 0 Å². The second-order valence-electron chi connectivity index (χ2n) is 4.22. The van der Waals surface area contributed by atoms with Gasteiger partial charge in [0.2, 0.25) is 0 Å². The fourth-order valence-electron chi connectivity index (χ4n) is 1.61. The molecule has 1 N–H and O–H groups in total. The molecule has 0 unspecified atom stereocenters. The van der Waals surface area contributed by atoms with E-state index in [1.165, 1.54) is 6.20 Å². The molecule has 3 nitrogen and oxygen atoms in total. The van der Waals surface area contributed by atoms with Crippen molar-refractivity contribution in [2.75, 3.05) is 5.32 Å². The van der Waals surface area contributed by atoms with Crippen molar-refractivity contribution >= 4 is 11.6 Å². The van der Waals surface area contributed by atoms with Gasteiger partial charge in [0.25, 0.3) is 5.91 Å². The number of aromatic nitrogens is 1. The van der Waals surface area contributed by atoms with E-state index in [9.17, 15) is 4.79 Å². The largest absolute Gasteiger partial charge is 0.322 e. The van der Waals surface area contributed by atoms with Crippen molar-refractivity contribution < 1.29 is 4.79 Å². The van der Waals surface area contributed by atoms with E-state index >= 15 is 0 Å². The Morgan fingerprint density at radius 2 is 1.33 bits per heavy atom. The zero-order chi connectivity index (χ0) is 14.8. The van der Waals surface area contributed by atoms with Gasteiger partial charge in [0.05, 0.1) is 5.56 Å². The highest BCUT2D eigenvalue weighted by atomic mass is 16.1. The highest BCUT2D eigenvalue weighted by Gasteiger charge is 2.04. The number of para-hydroxylation sites is 1. The molecule has 3 heteroatoms. The molecule has 0 aliphatic rings. The van der Waals surface area contributed by atoms with E-state index in [0.29, 0.717) is 5.56 Å². The van der Waals surface area contributed by atoms with E-state index in [-0.39, 0.29) is 5.91 Å². The Bertz CT molecular complexity index is 613. The number of nitrogens with one attached hydrogen (secondary N) is 1. The summed E-state index contributed by atoms with van der Waals surface area (Å²) in [6.45, 7) is 0. The third-order valence-corrected chi connectivity index (χ3v) is 2.62. The van der Waals surface area contributed by atoms with E-state index in [1.807, 2.05) is 66.7 Å². The minimum atomic E-state index is -0.144. The lowest BCUT2D eigenvalue weighted by Gasteiger charge is -2.03. The SMILES string of the molecule is O=C(Nc1ccccc1)c1cccnc1.c1ccccc1. The number of carbonyl (C=O) groups is 1. The summed E-state index contributed by atoms with van der Waals surface area (Å²) in [6, 6.07) is 24.8. The average molecular weight is 276 g/mol. The Morgan fingerprint density at radius 3 is 1.86 bits per heavy atom. The van der Waals surface area contributed by atoms with Crippen molar-refractivity contribution in [1.29, 1.82) is 0 Å². The summed E-state index contributed by atoms with van der Waals surface area (Å²) in [6.07, 6.45) is 3.18. The molecule has 1 aromatic heterocycles. The standard InChI is InChI=1S/C12H10N2O.C6H6/c15-12(10-5-4-8-13-9-10)14-11-6-2-1-3-7-11;1-2-4-6-5-3-1/h1-9H,(H,14,15);1-6H. The van der Waals surface area contributed by atoms with Crippen molar-refractivity contribution in [3.05, 3.63) is 96.8 Å². The fourth-order valence-corrected chi connectivity index (χ4v) is 1.61. The van der Waals surface area contributed by atoms with Crippen LogP contribution in [0.2, 0.25) is 0 Å². The van der Waals surface area contributed by atoms with Crippen molar-refractivity contribution in [2.24, 2.45) is 0 Å². The Labute approximate surface area is 124 Å². The topological polar surface area (TPSA) is 42.0 Å². The maximum atomic E-state index is 11.7. The molecule has 104 valence electrons. The number of anilines is 1. The van der Waals surface area contributed by atoms with Crippen molar-refractivity contribution in [3.63, 3.8) is 0 Å². The van der Waals surface area contributed by atoms with Gasteiger partial charge in [-0.1, -0.05) is 54.6 Å². The number of rotatable bonds is 2. The highest BCUT2D eigenvalue weighted by molar-refractivity contribution is 6.03. The van der Waals surface area contributed by atoms with Crippen molar-refractivity contribution in [2.45, 2.75) is 0 Å². The van der Waals surface area contributed by atoms with Crippen LogP contribution in [0.4, 0.5) is 5.69 Å². The zero-order valence-corrected chi connectivity index (χ0v) is 11.5. The van der Waals surface area contributed by atoms with Gasteiger partial charge in [0.1, 0.15) is 0 Å². The number of hydrogen-bond acceptors (Lipinski definition) is 2. The van der Waals surface area contributed by atoms with Gasteiger partial charge in [0, 0.05) is 18.1 Å². The lowest BCUT2D eigenvalue weighted by Crippen LogP contribution is -2.11. The lowest BCUT2D eigenvalue weighted by atomic mass is 10.2. The summed E-state index contributed by atoms with van der Waals surface area (Å²) < 4.78 is 0. The molecule has 0 aliphatic carbocycles. The first-order valence-corrected chi connectivity index (χ1v) is 6.63. The Kier molecular flexibility index (Phi) is 5.70. The smallest absolute Gasteiger partial charge is 0.257 e. The number of amides is 1. The molecule has 2 aromatic carbocycles. The molecule has 0 atom stereocenters. The van der Waals surface area contributed by atoms with Crippen LogP contribution in [0.15, 0.2) is 91.3 Å². The van der Waals surface area contributed by atoms with Gasteiger partial charge in [-0.2, -0.15) is 0 Å². The molecule has 21 heavy (non-hydrogen) atoms. The number of nitrogens with zero attached hydrogens (tertiary/aromatic N) is 1. The molecule has 0 fully saturated rings. The van der Waals surface area contributed by atoms with E-state index < -0.39 is 0 Å². The molecule has 3 aromatic rings. The zero-order valence-electron chi connectivity index (χ0n) is 11.5. The monoisotopic (exact) mass is 276 g/mol. The van der Waals surface area contributed by atoms with Crippen LogP contribution < -0.4 is 5.32 Å². The molecule has 0 radical (unpaired) electrons. The Morgan fingerprint density at radius 1 is 0.762 bits per heavy atom. The average Bonchev–Trinajstić information content (AvgIpc) is 2.59. The molecule has 0 bridgehead atoms. The normalized spacial score (nSPS) is 9.14. The van der Waals surface area contributed by atoms with Crippen LogP contribution >= 0.6 is 0 Å². The second-order valence-corrected chi connectivity index (χ2v) is 4.22.